The Labute approximate surface area is 204 Å². The van der Waals surface area contributed by atoms with E-state index < -0.39 is 0 Å². The molecule has 0 aromatic carbocycles. The van der Waals surface area contributed by atoms with Crippen LogP contribution in [0.2, 0.25) is 0 Å². The smallest absolute Gasteiger partial charge is 0.257 e. The number of aromatic nitrogens is 1. The van der Waals surface area contributed by atoms with E-state index in [1.807, 2.05) is 6.92 Å². The van der Waals surface area contributed by atoms with Gasteiger partial charge in [0.25, 0.3) is 11.8 Å². The molecule has 2 aliphatic rings. The molecule has 34 heavy (non-hydrogen) atoms. The first kappa shape index (κ1) is 24.3. The zero-order valence-electron chi connectivity index (χ0n) is 19.7. The molecule has 3 heterocycles. The fraction of sp³-hybridized carbons (Fsp3) is 0.520. The van der Waals surface area contributed by atoms with Crippen LogP contribution in [0.25, 0.3) is 0 Å². The maximum Gasteiger partial charge on any atom is 0.257 e. The van der Waals surface area contributed by atoms with E-state index in [-0.39, 0.29) is 23.8 Å². The second-order valence-corrected chi connectivity index (χ2v) is 10.1. The van der Waals surface area contributed by atoms with Crippen molar-refractivity contribution in [3.8, 4) is 0 Å². The number of fused-ring (bicyclic) bond motifs is 1. The van der Waals surface area contributed by atoms with Crippen molar-refractivity contribution in [3.63, 3.8) is 0 Å². The average Bonchev–Trinajstić information content (AvgIpc) is 3.22. The molecular formula is C25H33N5O3S. The average molecular weight is 484 g/mol. The summed E-state index contributed by atoms with van der Waals surface area (Å²) in [4.78, 5) is 45.5. The predicted octanol–water partition coefficient (Wildman–Crippen LogP) is 2.99. The van der Waals surface area contributed by atoms with Gasteiger partial charge in [0.15, 0.2) is 0 Å². The molecule has 0 saturated carbocycles. The third-order valence-corrected chi connectivity index (χ3v) is 7.62. The first-order valence-electron chi connectivity index (χ1n) is 12.2. The number of aryl methyl sites for hydroxylation is 1. The number of hydrogen-bond donors (Lipinski definition) is 3. The number of nitrogens with zero attached hydrogens (tertiary/aromatic N) is 2. The highest BCUT2D eigenvalue weighted by Crippen LogP contribution is 2.38. The van der Waals surface area contributed by atoms with Crippen LogP contribution >= 0.6 is 11.3 Å². The van der Waals surface area contributed by atoms with Gasteiger partial charge in [-0.1, -0.05) is 6.92 Å². The number of hydrogen-bond acceptors (Lipinski definition) is 6. The van der Waals surface area contributed by atoms with Gasteiger partial charge in [-0.15, -0.1) is 11.3 Å². The van der Waals surface area contributed by atoms with Gasteiger partial charge in [-0.3, -0.25) is 24.3 Å². The number of carbonyl (C=O) groups is 3. The van der Waals surface area contributed by atoms with E-state index >= 15 is 0 Å². The van der Waals surface area contributed by atoms with E-state index in [1.54, 1.807) is 18.3 Å². The number of rotatable bonds is 8. The highest BCUT2D eigenvalue weighted by molar-refractivity contribution is 7.17. The molecule has 1 aliphatic heterocycles. The summed E-state index contributed by atoms with van der Waals surface area (Å²) in [7, 11) is 0. The first-order chi connectivity index (χ1) is 16.5. The SMILES string of the molecule is CCCNC(=O)CN1CCC(NC(=O)c2c(NC(=O)c3cccnc3)sc3c2CCCC3)CC1. The number of carbonyl (C=O) groups excluding carboxylic acids is 3. The molecule has 1 saturated heterocycles. The molecule has 0 unspecified atom stereocenters. The molecular weight excluding hydrogens is 450 g/mol. The molecule has 9 heteroatoms. The first-order valence-corrected chi connectivity index (χ1v) is 13.0. The number of likely N-dealkylation sites (tertiary alicyclic amines) is 1. The van der Waals surface area contributed by atoms with Crippen LogP contribution in [0.15, 0.2) is 24.5 Å². The van der Waals surface area contributed by atoms with Gasteiger partial charge in [0.1, 0.15) is 5.00 Å². The number of amides is 3. The van der Waals surface area contributed by atoms with E-state index in [0.717, 1.165) is 63.6 Å². The number of anilines is 1. The Morgan fingerprint density at radius 1 is 1.15 bits per heavy atom. The second kappa shape index (κ2) is 11.6. The maximum atomic E-state index is 13.4. The molecule has 1 fully saturated rings. The second-order valence-electron chi connectivity index (χ2n) is 8.98. The van der Waals surface area contributed by atoms with Crippen molar-refractivity contribution in [3.05, 3.63) is 46.1 Å². The quantitative estimate of drug-likeness (QED) is 0.536. The molecule has 0 radical (unpaired) electrons. The zero-order valence-corrected chi connectivity index (χ0v) is 20.5. The molecule has 0 atom stereocenters. The van der Waals surface area contributed by atoms with E-state index in [4.69, 9.17) is 0 Å². The lowest BCUT2D eigenvalue weighted by Gasteiger charge is -2.32. The molecule has 8 nitrogen and oxygen atoms in total. The van der Waals surface area contributed by atoms with Crippen molar-refractivity contribution in [2.45, 2.75) is 57.9 Å². The number of thiophene rings is 1. The van der Waals surface area contributed by atoms with Gasteiger partial charge < -0.3 is 16.0 Å². The molecule has 182 valence electrons. The molecule has 4 rings (SSSR count). The van der Waals surface area contributed by atoms with E-state index in [0.29, 0.717) is 29.2 Å². The van der Waals surface area contributed by atoms with Gasteiger partial charge in [0, 0.05) is 42.9 Å². The largest absolute Gasteiger partial charge is 0.355 e. The van der Waals surface area contributed by atoms with Crippen LogP contribution in [0, 0.1) is 0 Å². The predicted molar refractivity (Wildman–Crippen MR) is 133 cm³/mol. The van der Waals surface area contributed by atoms with Gasteiger partial charge >= 0.3 is 0 Å². The molecule has 0 spiro atoms. The highest BCUT2D eigenvalue weighted by Gasteiger charge is 2.29. The normalized spacial score (nSPS) is 16.5. The molecule has 3 amide bonds. The van der Waals surface area contributed by atoms with Crippen LogP contribution < -0.4 is 16.0 Å². The summed E-state index contributed by atoms with van der Waals surface area (Å²) in [6, 6.07) is 3.50. The van der Waals surface area contributed by atoms with Gasteiger partial charge in [-0.2, -0.15) is 0 Å². The van der Waals surface area contributed by atoms with Crippen LogP contribution in [-0.2, 0) is 17.6 Å². The molecule has 2 aromatic heterocycles. The number of piperidine rings is 1. The third-order valence-electron chi connectivity index (χ3n) is 6.41. The Morgan fingerprint density at radius 2 is 1.94 bits per heavy atom. The minimum Gasteiger partial charge on any atom is -0.355 e. The van der Waals surface area contributed by atoms with Crippen molar-refractivity contribution in [1.82, 2.24) is 20.5 Å². The monoisotopic (exact) mass is 483 g/mol. The maximum absolute atomic E-state index is 13.4. The van der Waals surface area contributed by atoms with Gasteiger partial charge in [0.2, 0.25) is 5.91 Å². The topological polar surface area (TPSA) is 103 Å². The summed E-state index contributed by atoms with van der Waals surface area (Å²) in [5, 5.41) is 9.73. The molecule has 0 bridgehead atoms. The molecule has 3 N–H and O–H groups in total. The lowest BCUT2D eigenvalue weighted by atomic mass is 9.94. The summed E-state index contributed by atoms with van der Waals surface area (Å²) >= 11 is 1.52. The Balaban J connectivity index is 1.40. The minimum absolute atomic E-state index is 0.0586. The van der Waals surface area contributed by atoms with Gasteiger partial charge in [-0.05, 0) is 62.6 Å². The lowest BCUT2D eigenvalue weighted by molar-refractivity contribution is -0.122. The summed E-state index contributed by atoms with van der Waals surface area (Å²) in [6.07, 6.45) is 9.66. The van der Waals surface area contributed by atoms with Gasteiger partial charge in [0.05, 0.1) is 17.7 Å². The Bertz CT molecular complexity index is 1020. The van der Waals surface area contributed by atoms with Crippen molar-refractivity contribution in [2.24, 2.45) is 0 Å². The Kier molecular flexibility index (Phi) is 8.29. The Morgan fingerprint density at radius 3 is 2.68 bits per heavy atom. The fourth-order valence-corrected chi connectivity index (χ4v) is 5.86. The lowest BCUT2D eigenvalue weighted by Crippen LogP contribution is -2.47. The van der Waals surface area contributed by atoms with E-state index in [1.165, 1.54) is 22.4 Å². The minimum atomic E-state index is -0.254. The van der Waals surface area contributed by atoms with Crippen LogP contribution in [0.5, 0.6) is 0 Å². The number of pyridine rings is 1. The van der Waals surface area contributed by atoms with Crippen LogP contribution in [0.1, 0.15) is 70.2 Å². The zero-order chi connectivity index (χ0) is 23.9. The van der Waals surface area contributed by atoms with Crippen molar-refractivity contribution in [2.75, 3.05) is 31.5 Å². The Hall–Kier alpha value is -2.78. The number of nitrogens with one attached hydrogen (secondary N) is 3. The standard InChI is InChI=1S/C25H33N5O3S/c1-2-11-27-21(31)16-30-13-9-18(10-14-30)28-24(33)22-19-7-3-4-8-20(19)34-25(22)29-23(32)17-6-5-12-26-15-17/h5-6,12,15,18H,2-4,7-11,13-14,16H2,1H3,(H,27,31)(H,28,33)(H,29,32). The van der Waals surface area contributed by atoms with E-state index in [9.17, 15) is 14.4 Å². The molecule has 2 aromatic rings. The summed E-state index contributed by atoms with van der Waals surface area (Å²) in [6.45, 7) is 4.70. The van der Waals surface area contributed by atoms with Crippen LogP contribution in [0.3, 0.4) is 0 Å². The summed E-state index contributed by atoms with van der Waals surface area (Å²) in [5.74, 6) is -0.307. The van der Waals surface area contributed by atoms with Crippen molar-refractivity contribution in [1.29, 1.82) is 0 Å². The van der Waals surface area contributed by atoms with E-state index in [2.05, 4.69) is 25.8 Å². The fourth-order valence-electron chi connectivity index (χ4n) is 4.58. The van der Waals surface area contributed by atoms with Crippen molar-refractivity contribution < 1.29 is 14.4 Å². The summed E-state index contributed by atoms with van der Waals surface area (Å²) in [5.41, 5.74) is 2.18. The summed E-state index contributed by atoms with van der Waals surface area (Å²) < 4.78 is 0. The van der Waals surface area contributed by atoms with Crippen LogP contribution in [0.4, 0.5) is 5.00 Å². The third kappa shape index (κ3) is 6.01. The highest BCUT2D eigenvalue weighted by atomic mass is 32.1. The molecule has 1 aliphatic carbocycles. The van der Waals surface area contributed by atoms with Crippen LogP contribution in [-0.4, -0.2) is 59.8 Å². The van der Waals surface area contributed by atoms with Gasteiger partial charge in [-0.25, -0.2) is 0 Å². The van der Waals surface area contributed by atoms with Crippen molar-refractivity contribution >= 4 is 34.1 Å².